The molecule has 0 saturated carbocycles. The van der Waals surface area contributed by atoms with E-state index in [0.717, 1.165) is 24.9 Å². The van der Waals surface area contributed by atoms with E-state index in [1.54, 1.807) is 0 Å². The molecule has 2 nitrogen and oxygen atoms in total. The SMILES string of the molecule is CCc1ccc(N)c2c1[C@@H](N)CCC2. The monoisotopic (exact) mass is 190 g/mol. The first-order valence-corrected chi connectivity index (χ1v) is 5.39. The van der Waals surface area contributed by atoms with Crippen LogP contribution in [0.25, 0.3) is 0 Å². The van der Waals surface area contributed by atoms with Crippen molar-refractivity contribution in [1.29, 1.82) is 0 Å². The van der Waals surface area contributed by atoms with Gasteiger partial charge in [0.2, 0.25) is 0 Å². The highest BCUT2D eigenvalue weighted by Gasteiger charge is 2.21. The second-order valence-electron chi connectivity index (χ2n) is 4.06. The molecule has 1 aromatic carbocycles. The van der Waals surface area contributed by atoms with Crippen LogP contribution >= 0.6 is 0 Å². The zero-order valence-corrected chi connectivity index (χ0v) is 8.72. The maximum absolute atomic E-state index is 6.14. The molecule has 2 heteroatoms. The summed E-state index contributed by atoms with van der Waals surface area (Å²) in [5, 5.41) is 0. The van der Waals surface area contributed by atoms with Crippen molar-refractivity contribution in [3.8, 4) is 0 Å². The standard InChI is InChI=1S/C12H18N2/c1-2-8-6-7-10(13)9-4-3-5-11(14)12(8)9/h6-7,11H,2-5,13-14H2,1H3/t11-/m0/s1. The third kappa shape index (κ3) is 1.40. The molecule has 1 atom stereocenters. The summed E-state index contributed by atoms with van der Waals surface area (Å²) in [4.78, 5) is 0. The fraction of sp³-hybridized carbons (Fsp3) is 0.500. The minimum absolute atomic E-state index is 0.206. The molecule has 0 aliphatic heterocycles. The van der Waals surface area contributed by atoms with E-state index in [2.05, 4.69) is 13.0 Å². The largest absolute Gasteiger partial charge is 0.398 e. The van der Waals surface area contributed by atoms with Crippen LogP contribution in [0.4, 0.5) is 5.69 Å². The lowest BCUT2D eigenvalue weighted by Gasteiger charge is -2.26. The molecular formula is C12H18N2. The molecule has 0 aromatic heterocycles. The number of nitrogens with two attached hydrogens (primary N) is 2. The van der Waals surface area contributed by atoms with Gasteiger partial charge >= 0.3 is 0 Å². The van der Waals surface area contributed by atoms with Gasteiger partial charge in [0.25, 0.3) is 0 Å². The van der Waals surface area contributed by atoms with Gasteiger partial charge in [0.15, 0.2) is 0 Å². The van der Waals surface area contributed by atoms with Crippen LogP contribution in [0.2, 0.25) is 0 Å². The van der Waals surface area contributed by atoms with Gasteiger partial charge in [-0.05, 0) is 48.4 Å². The van der Waals surface area contributed by atoms with Crippen molar-refractivity contribution in [1.82, 2.24) is 0 Å². The number of rotatable bonds is 1. The lowest BCUT2D eigenvalue weighted by atomic mass is 9.83. The van der Waals surface area contributed by atoms with Crippen LogP contribution in [0.3, 0.4) is 0 Å². The summed E-state index contributed by atoms with van der Waals surface area (Å²) in [7, 11) is 0. The Morgan fingerprint density at radius 2 is 2.21 bits per heavy atom. The Labute approximate surface area is 85.3 Å². The van der Waals surface area contributed by atoms with Gasteiger partial charge in [-0.25, -0.2) is 0 Å². The van der Waals surface area contributed by atoms with Crippen LogP contribution in [0.5, 0.6) is 0 Å². The number of anilines is 1. The summed E-state index contributed by atoms with van der Waals surface area (Å²) in [6, 6.07) is 4.35. The van der Waals surface area contributed by atoms with Crippen LogP contribution < -0.4 is 11.5 Å². The van der Waals surface area contributed by atoms with Gasteiger partial charge in [0, 0.05) is 11.7 Å². The molecule has 76 valence electrons. The van der Waals surface area contributed by atoms with E-state index in [0.29, 0.717) is 0 Å². The highest BCUT2D eigenvalue weighted by Crippen LogP contribution is 2.34. The van der Waals surface area contributed by atoms with Gasteiger partial charge < -0.3 is 11.5 Å². The first kappa shape index (κ1) is 9.53. The number of aryl methyl sites for hydroxylation is 1. The van der Waals surface area contributed by atoms with E-state index < -0.39 is 0 Å². The second kappa shape index (κ2) is 3.62. The highest BCUT2D eigenvalue weighted by molar-refractivity contribution is 5.56. The molecule has 0 amide bonds. The predicted molar refractivity (Wildman–Crippen MR) is 60.1 cm³/mol. The van der Waals surface area contributed by atoms with E-state index in [-0.39, 0.29) is 6.04 Å². The Morgan fingerprint density at radius 1 is 1.43 bits per heavy atom. The topological polar surface area (TPSA) is 52.0 Å². The molecule has 1 aliphatic carbocycles. The summed E-state index contributed by atoms with van der Waals surface area (Å²) in [6.07, 6.45) is 4.42. The van der Waals surface area contributed by atoms with Crippen LogP contribution in [0.1, 0.15) is 42.5 Å². The van der Waals surface area contributed by atoms with E-state index in [9.17, 15) is 0 Å². The minimum Gasteiger partial charge on any atom is -0.398 e. The second-order valence-corrected chi connectivity index (χ2v) is 4.06. The molecule has 0 fully saturated rings. The number of hydrogen-bond acceptors (Lipinski definition) is 2. The summed E-state index contributed by atoms with van der Waals surface area (Å²) in [5.41, 5.74) is 17.0. The Bertz CT molecular complexity index is 344. The number of hydrogen-bond donors (Lipinski definition) is 2. The normalized spacial score (nSPS) is 20.6. The van der Waals surface area contributed by atoms with Crippen molar-refractivity contribution in [3.63, 3.8) is 0 Å². The zero-order valence-electron chi connectivity index (χ0n) is 8.72. The maximum atomic E-state index is 6.14. The molecule has 0 spiro atoms. The Hall–Kier alpha value is -1.02. The number of fused-ring (bicyclic) bond motifs is 1. The van der Waals surface area contributed by atoms with Crippen LogP contribution in [-0.4, -0.2) is 0 Å². The minimum atomic E-state index is 0.206. The summed E-state index contributed by atoms with van der Waals surface area (Å²) in [6.45, 7) is 2.17. The van der Waals surface area contributed by atoms with Crippen LogP contribution in [0, 0.1) is 0 Å². The third-order valence-electron chi connectivity index (χ3n) is 3.18. The lowest BCUT2D eigenvalue weighted by molar-refractivity contribution is 0.566. The Morgan fingerprint density at radius 3 is 2.93 bits per heavy atom. The molecule has 0 radical (unpaired) electrons. The Kier molecular flexibility index (Phi) is 2.46. The van der Waals surface area contributed by atoms with Crippen molar-refractivity contribution >= 4 is 5.69 Å². The molecule has 0 saturated heterocycles. The fourth-order valence-corrected chi connectivity index (χ4v) is 2.42. The molecule has 0 unspecified atom stereocenters. The third-order valence-corrected chi connectivity index (χ3v) is 3.18. The van der Waals surface area contributed by atoms with Gasteiger partial charge in [-0.1, -0.05) is 13.0 Å². The van der Waals surface area contributed by atoms with Gasteiger partial charge in [-0.3, -0.25) is 0 Å². The first-order valence-electron chi connectivity index (χ1n) is 5.39. The summed E-state index contributed by atoms with van der Waals surface area (Å²) in [5.74, 6) is 0. The molecule has 4 N–H and O–H groups in total. The van der Waals surface area contributed by atoms with Gasteiger partial charge in [0.05, 0.1) is 0 Å². The van der Waals surface area contributed by atoms with Crippen molar-refractivity contribution in [2.24, 2.45) is 5.73 Å². The number of nitrogen functional groups attached to an aromatic ring is 1. The van der Waals surface area contributed by atoms with Gasteiger partial charge in [-0.2, -0.15) is 0 Å². The van der Waals surface area contributed by atoms with E-state index in [1.165, 1.54) is 23.1 Å². The lowest BCUT2D eigenvalue weighted by Crippen LogP contribution is -2.20. The van der Waals surface area contributed by atoms with Crippen molar-refractivity contribution < 1.29 is 0 Å². The highest BCUT2D eigenvalue weighted by atomic mass is 14.7. The smallest absolute Gasteiger partial charge is 0.0350 e. The number of benzene rings is 1. The zero-order chi connectivity index (χ0) is 10.1. The molecule has 1 aliphatic rings. The first-order chi connectivity index (χ1) is 6.74. The van der Waals surface area contributed by atoms with Crippen molar-refractivity contribution in [2.75, 3.05) is 5.73 Å². The predicted octanol–water partition coefficient (Wildman–Crippen LogP) is 2.17. The summed E-state index contributed by atoms with van der Waals surface area (Å²) >= 11 is 0. The van der Waals surface area contributed by atoms with Gasteiger partial charge in [0.1, 0.15) is 0 Å². The maximum Gasteiger partial charge on any atom is 0.0350 e. The van der Waals surface area contributed by atoms with Crippen LogP contribution in [-0.2, 0) is 12.8 Å². The Balaban J connectivity index is 2.58. The average molecular weight is 190 g/mol. The van der Waals surface area contributed by atoms with Gasteiger partial charge in [-0.15, -0.1) is 0 Å². The molecule has 14 heavy (non-hydrogen) atoms. The summed E-state index contributed by atoms with van der Waals surface area (Å²) < 4.78 is 0. The van der Waals surface area contributed by atoms with Crippen LogP contribution in [0.15, 0.2) is 12.1 Å². The molecule has 0 bridgehead atoms. The van der Waals surface area contributed by atoms with Crippen molar-refractivity contribution in [3.05, 3.63) is 28.8 Å². The van der Waals surface area contributed by atoms with E-state index >= 15 is 0 Å². The van der Waals surface area contributed by atoms with Crippen molar-refractivity contribution in [2.45, 2.75) is 38.6 Å². The van der Waals surface area contributed by atoms with E-state index in [4.69, 9.17) is 11.5 Å². The molecule has 2 rings (SSSR count). The van der Waals surface area contributed by atoms with E-state index in [1.807, 2.05) is 6.07 Å². The fourth-order valence-electron chi connectivity index (χ4n) is 2.42. The molecular weight excluding hydrogens is 172 g/mol. The quantitative estimate of drug-likeness (QED) is 0.667. The average Bonchev–Trinajstić information content (AvgIpc) is 2.20. The molecule has 1 aromatic rings. The molecule has 0 heterocycles.